The average molecular weight is 246 g/mol. The van der Waals surface area contributed by atoms with Crippen molar-refractivity contribution >= 4 is 5.91 Å². The molecule has 1 aromatic carbocycles. The SMILES string of the molecule is CN(C)CCCNC(=O)C1CC1c1ccccc1. The second-order valence-electron chi connectivity index (χ2n) is 5.31. The largest absolute Gasteiger partial charge is 0.356 e. The number of carbonyl (C=O) groups is 1. The summed E-state index contributed by atoms with van der Waals surface area (Å²) < 4.78 is 0. The molecule has 0 saturated heterocycles. The molecule has 1 fully saturated rings. The van der Waals surface area contributed by atoms with Crippen LogP contribution >= 0.6 is 0 Å². The van der Waals surface area contributed by atoms with Crippen LogP contribution in [0, 0.1) is 5.92 Å². The lowest BCUT2D eigenvalue weighted by molar-refractivity contribution is -0.122. The van der Waals surface area contributed by atoms with Gasteiger partial charge in [0.1, 0.15) is 0 Å². The zero-order valence-electron chi connectivity index (χ0n) is 11.2. The molecule has 1 amide bonds. The van der Waals surface area contributed by atoms with Crippen LogP contribution in [-0.4, -0.2) is 38.0 Å². The third kappa shape index (κ3) is 3.57. The van der Waals surface area contributed by atoms with Gasteiger partial charge in [-0.25, -0.2) is 0 Å². The topological polar surface area (TPSA) is 32.3 Å². The Morgan fingerprint density at radius 1 is 1.33 bits per heavy atom. The summed E-state index contributed by atoms with van der Waals surface area (Å²) in [5.74, 6) is 0.870. The van der Waals surface area contributed by atoms with Crippen LogP contribution in [0.4, 0.5) is 0 Å². The van der Waals surface area contributed by atoms with E-state index in [1.165, 1.54) is 5.56 Å². The fourth-order valence-corrected chi connectivity index (χ4v) is 2.29. The average Bonchev–Trinajstić information content (AvgIpc) is 3.15. The van der Waals surface area contributed by atoms with E-state index in [0.29, 0.717) is 5.92 Å². The van der Waals surface area contributed by atoms with Crippen molar-refractivity contribution in [2.24, 2.45) is 5.92 Å². The Bertz CT molecular complexity index is 389. The monoisotopic (exact) mass is 246 g/mol. The van der Waals surface area contributed by atoms with E-state index in [2.05, 4.69) is 22.3 Å². The quantitative estimate of drug-likeness (QED) is 0.777. The summed E-state index contributed by atoms with van der Waals surface area (Å²) in [6.45, 7) is 1.81. The number of rotatable bonds is 6. The molecule has 0 bridgehead atoms. The molecule has 2 atom stereocenters. The van der Waals surface area contributed by atoms with Crippen LogP contribution in [0.3, 0.4) is 0 Å². The Kier molecular flexibility index (Phi) is 4.37. The first-order valence-corrected chi connectivity index (χ1v) is 6.66. The highest BCUT2D eigenvalue weighted by Crippen LogP contribution is 2.47. The molecule has 1 aromatic rings. The minimum Gasteiger partial charge on any atom is -0.356 e. The van der Waals surface area contributed by atoms with Crippen LogP contribution in [-0.2, 0) is 4.79 Å². The van der Waals surface area contributed by atoms with Gasteiger partial charge in [-0.05, 0) is 45.0 Å². The maximum atomic E-state index is 11.9. The third-order valence-corrected chi connectivity index (χ3v) is 3.44. The number of nitrogens with one attached hydrogen (secondary N) is 1. The summed E-state index contributed by atoms with van der Waals surface area (Å²) in [4.78, 5) is 14.0. The summed E-state index contributed by atoms with van der Waals surface area (Å²) in [5.41, 5.74) is 1.30. The van der Waals surface area contributed by atoms with E-state index in [4.69, 9.17) is 0 Å². The number of amides is 1. The van der Waals surface area contributed by atoms with Gasteiger partial charge >= 0.3 is 0 Å². The molecule has 1 saturated carbocycles. The lowest BCUT2D eigenvalue weighted by Crippen LogP contribution is -2.28. The van der Waals surface area contributed by atoms with Crippen molar-refractivity contribution in [2.75, 3.05) is 27.2 Å². The Labute approximate surface area is 109 Å². The molecular formula is C15H22N2O. The summed E-state index contributed by atoms with van der Waals surface area (Å²) in [6, 6.07) is 10.3. The number of carbonyl (C=O) groups excluding carboxylic acids is 1. The number of hydrogen-bond acceptors (Lipinski definition) is 2. The molecule has 0 aliphatic heterocycles. The maximum Gasteiger partial charge on any atom is 0.223 e. The molecule has 3 heteroatoms. The molecule has 1 N–H and O–H groups in total. The highest BCUT2D eigenvalue weighted by atomic mass is 16.2. The second-order valence-corrected chi connectivity index (χ2v) is 5.31. The van der Waals surface area contributed by atoms with Gasteiger partial charge in [0.25, 0.3) is 0 Å². The Balaban J connectivity index is 1.70. The molecule has 0 aromatic heterocycles. The van der Waals surface area contributed by atoms with Gasteiger partial charge in [-0.15, -0.1) is 0 Å². The van der Waals surface area contributed by atoms with Crippen LogP contribution in [0.2, 0.25) is 0 Å². The summed E-state index contributed by atoms with van der Waals surface area (Å²) in [5, 5.41) is 3.03. The predicted octanol–water partition coefficient (Wildman–Crippen LogP) is 1.86. The van der Waals surface area contributed by atoms with E-state index in [-0.39, 0.29) is 11.8 Å². The second kappa shape index (κ2) is 6.01. The Hall–Kier alpha value is -1.35. The lowest BCUT2D eigenvalue weighted by atomic mass is 10.1. The van der Waals surface area contributed by atoms with E-state index >= 15 is 0 Å². The van der Waals surface area contributed by atoms with Crippen molar-refractivity contribution in [1.82, 2.24) is 10.2 Å². The van der Waals surface area contributed by atoms with Gasteiger partial charge in [-0.1, -0.05) is 30.3 Å². The van der Waals surface area contributed by atoms with Gasteiger partial charge in [-0.2, -0.15) is 0 Å². The van der Waals surface area contributed by atoms with Crippen molar-refractivity contribution in [3.05, 3.63) is 35.9 Å². The highest BCUT2D eigenvalue weighted by Gasteiger charge is 2.43. The molecule has 0 spiro atoms. The minimum atomic E-state index is 0.201. The number of hydrogen-bond donors (Lipinski definition) is 1. The molecular weight excluding hydrogens is 224 g/mol. The maximum absolute atomic E-state index is 11.9. The zero-order valence-corrected chi connectivity index (χ0v) is 11.2. The van der Waals surface area contributed by atoms with E-state index in [1.54, 1.807) is 0 Å². The third-order valence-electron chi connectivity index (χ3n) is 3.44. The van der Waals surface area contributed by atoms with E-state index in [9.17, 15) is 4.79 Å². The van der Waals surface area contributed by atoms with Gasteiger partial charge in [0.15, 0.2) is 0 Å². The van der Waals surface area contributed by atoms with Gasteiger partial charge in [0, 0.05) is 12.5 Å². The number of benzene rings is 1. The first-order chi connectivity index (χ1) is 8.68. The summed E-state index contributed by atoms with van der Waals surface area (Å²) in [6.07, 6.45) is 2.02. The van der Waals surface area contributed by atoms with E-state index in [0.717, 1.165) is 25.9 Å². The first-order valence-electron chi connectivity index (χ1n) is 6.66. The van der Waals surface area contributed by atoms with Crippen LogP contribution in [0.25, 0.3) is 0 Å². The van der Waals surface area contributed by atoms with E-state index in [1.807, 2.05) is 32.3 Å². The normalized spacial score (nSPS) is 21.9. The van der Waals surface area contributed by atoms with Crippen molar-refractivity contribution in [3.8, 4) is 0 Å². The van der Waals surface area contributed by atoms with Gasteiger partial charge < -0.3 is 10.2 Å². The molecule has 0 radical (unpaired) electrons. The molecule has 3 nitrogen and oxygen atoms in total. The first kappa shape index (κ1) is 13.1. The standard InChI is InChI=1S/C15H22N2O/c1-17(2)10-6-9-16-15(18)14-11-13(14)12-7-4-3-5-8-12/h3-5,7-8,13-14H,6,9-11H2,1-2H3,(H,16,18). The highest BCUT2D eigenvalue weighted by molar-refractivity contribution is 5.82. The smallest absolute Gasteiger partial charge is 0.223 e. The Morgan fingerprint density at radius 3 is 2.72 bits per heavy atom. The van der Waals surface area contributed by atoms with Crippen molar-refractivity contribution in [1.29, 1.82) is 0 Å². The molecule has 2 rings (SSSR count). The zero-order chi connectivity index (χ0) is 13.0. The van der Waals surface area contributed by atoms with Gasteiger partial charge in [0.2, 0.25) is 5.91 Å². The summed E-state index contributed by atoms with van der Waals surface area (Å²) in [7, 11) is 4.10. The molecule has 2 unspecified atom stereocenters. The van der Waals surface area contributed by atoms with Crippen LogP contribution in [0.1, 0.15) is 24.3 Å². The van der Waals surface area contributed by atoms with Crippen LogP contribution in [0.15, 0.2) is 30.3 Å². The fourth-order valence-electron chi connectivity index (χ4n) is 2.29. The number of nitrogens with zero attached hydrogens (tertiary/aromatic N) is 1. The molecule has 18 heavy (non-hydrogen) atoms. The summed E-state index contributed by atoms with van der Waals surface area (Å²) >= 11 is 0. The molecule has 1 aliphatic rings. The predicted molar refractivity (Wildman–Crippen MR) is 73.5 cm³/mol. The van der Waals surface area contributed by atoms with Crippen LogP contribution < -0.4 is 5.32 Å². The van der Waals surface area contributed by atoms with Crippen molar-refractivity contribution in [3.63, 3.8) is 0 Å². The Morgan fingerprint density at radius 2 is 2.06 bits per heavy atom. The van der Waals surface area contributed by atoms with Crippen LogP contribution in [0.5, 0.6) is 0 Å². The molecule has 1 aliphatic carbocycles. The van der Waals surface area contributed by atoms with Crippen molar-refractivity contribution < 1.29 is 4.79 Å². The fraction of sp³-hybridized carbons (Fsp3) is 0.533. The van der Waals surface area contributed by atoms with Gasteiger partial charge in [-0.3, -0.25) is 4.79 Å². The minimum absolute atomic E-state index is 0.201. The van der Waals surface area contributed by atoms with Gasteiger partial charge in [0.05, 0.1) is 0 Å². The van der Waals surface area contributed by atoms with Crippen molar-refractivity contribution in [2.45, 2.75) is 18.8 Å². The molecule has 98 valence electrons. The van der Waals surface area contributed by atoms with E-state index < -0.39 is 0 Å². The lowest BCUT2D eigenvalue weighted by Gasteiger charge is -2.09. The molecule has 0 heterocycles.